The Labute approximate surface area is 172 Å². The minimum absolute atomic E-state index is 0.0451. The highest BCUT2D eigenvalue weighted by molar-refractivity contribution is 6.24. The van der Waals surface area contributed by atoms with Crippen LogP contribution in [-0.4, -0.2) is 23.3 Å². The molecule has 0 saturated carbocycles. The van der Waals surface area contributed by atoms with Gasteiger partial charge in [-0.3, -0.25) is 9.78 Å². The molecule has 5 nitrogen and oxygen atoms in total. The Morgan fingerprint density at radius 2 is 1.70 bits per heavy atom. The van der Waals surface area contributed by atoms with Crippen LogP contribution in [0.5, 0.6) is 0 Å². The van der Waals surface area contributed by atoms with Crippen LogP contribution in [0.1, 0.15) is 17.3 Å². The molecule has 0 saturated heterocycles. The normalized spacial score (nSPS) is 11.1. The Hall–Kier alpha value is -3.87. The van der Waals surface area contributed by atoms with Gasteiger partial charge in [0.15, 0.2) is 0 Å². The summed E-state index contributed by atoms with van der Waals surface area (Å²) in [5.41, 5.74) is 1.10. The first-order chi connectivity index (χ1) is 14.5. The lowest BCUT2D eigenvalue weighted by atomic mass is 9.99. The standard InChI is InChI=1S/C23H18F2N2O3/c1-2-30-23(29)20(14-27-18-6-4-17(24)5-7-18)22(28)19-8-3-16(13-21(19)25)15-9-11-26-12-10-15/h3-14,27H,2H2,1H3/b20-14+. The number of ether oxygens (including phenoxy) is 1. The average molecular weight is 408 g/mol. The van der Waals surface area contributed by atoms with Crippen LogP contribution in [-0.2, 0) is 9.53 Å². The van der Waals surface area contributed by atoms with Gasteiger partial charge in [-0.1, -0.05) is 6.07 Å². The molecule has 0 bridgehead atoms. The predicted molar refractivity (Wildman–Crippen MR) is 109 cm³/mol. The summed E-state index contributed by atoms with van der Waals surface area (Å²) in [4.78, 5) is 29.1. The van der Waals surface area contributed by atoms with Crippen molar-refractivity contribution in [2.75, 3.05) is 11.9 Å². The van der Waals surface area contributed by atoms with E-state index in [2.05, 4.69) is 10.3 Å². The molecule has 2 aromatic carbocycles. The minimum Gasteiger partial charge on any atom is -0.462 e. The average Bonchev–Trinajstić information content (AvgIpc) is 2.76. The Morgan fingerprint density at radius 1 is 1.00 bits per heavy atom. The van der Waals surface area contributed by atoms with E-state index >= 15 is 0 Å². The molecule has 0 aliphatic rings. The van der Waals surface area contributed by atoms with Gasteiger partial charge in [-0.15, -0.1) is 0 Å². The van der Waals surface area contributed by atoms with Gasteiger partial charge >= 0.3 is 5.97 Å². The third-order valence-electron chi connectivity index (χ3n) is 4.19. The number of benzene rings is 2. The lowest BCUT2D eigenvalue weighted by molar-refractivity contribution is -0.138. The van der Waals surface area contributed by atoms with Crippen molar-refractivity contribution < 1.29 is 23.1 Å². The molecule has 0 aliphatic heterocycles. The number of carbonyl (C=O) groups is 2. The van der Waals surface area contributed by atoms with Gasteiger partial charge < -0.3 is 10.1 Å². The number of rotatable bonds is 7. The molecule has 3 rings (SSSR count). The first-order valence-corrected chi connectivity index (χ1v) is 9.13. The number of ketones is 1. The summed E-state index contributed by atoms with van der Waals surface area (Å²) in [6.45, 7) is 1.64. The van der Waals surface area contributed by atoms with Crippen molar-refractivity contribution in [3.8, 4) is 11.1 Å². The second-order valence-electron chi connectivity index (χ2n) is 6.19. The van der Waals surface area contributed by atoms with E-state index in [0.717, 1.165) is 11.8 Å². The monoisotopic (exact) mass is 408 g/mol. The molecule has 3 aromatic rings. The molecule has 0 unspecified atom stereocenters. The Balaban J connectivity index is 1.91. The van der Waals surface area contributed by atoms with Crippen molar-refractivity contribution in [3.63, 3.8) is 0 Å². The number of nitrogens with zero attached hydrogens (tertiary/aromatic N) is 1. The highest BCUT2D eigenvalue weighted by Crippen LogP contribution is 2.23. The molecule has 0 aliphatic carbocycles. The molecule has 152 valence electrons. The van der Waals surface area contributed by atoms with Gasteiger partial charge in [0, 0.05) is 24.3 Å². The van der Waals surface area contributed by atoms with Gasteiger partial charge in [-0.2, -0.15) is 0 Å². The zero-order chi connectivity index (χ0) is 21.5. The van der Waals surface area contributed by atoms with Crippen LogP contribution in [0.2, 0.25) is 0 Å². The molecule has 0 spiro atoms. The lowest BCUT2D eigenvalue weighted by Crippen LogP contribution is -2.18. The topological polar surface area (TPSA) is 68.3 Å². The fourth-order valence-electron chi connectivity index (χ4n) is 2.70. The molecule has 0 amide bonds. The van der Waals surface area contributed by atoms with E-state index in [1.807, 2.05) is 0 Å². The summed E-state index contributed by atoms with van der Waals surface area (Å²) in [6.07, 6.45) is 4.29. The molecule has 1 aromatic heterocycles. The maximum Gasteiger partial charge on any atom is 0.343 e. The van der Waals surface area contributed by atoms with Crippen molar-refractivity contribution in [3.05, 3.63) is 96.0 Å². The quantitative estimate of drug-likeness (QED) is 0.201. The number of pyridine rings is 1. The number of esters is 1. The van der Waals surface area contributed by atoms with Crippen LogP contribution in [0.4, 0.5) is 14.5 Å². The number of hydrogen-bond donors (Lipinski definition) is 1. The van der Waals surface area contributed by atoms with Crippen molar-refractivity contribution >= 4 is 17.4 Å². The van der Waals surface area contributed by atoms with Gasteiger partial charge in [-0.25, -0.2) is 13.6 Å². The second-order valence-corrected chi connectivity index (χ2v) is 6.19. The third kappa shape index (κ3) is 4.94. The van der Waals surface area contributed by atoms with Crippen LogP contribution in [0.15, 0.2) is 78.8 Å². The van der Waals surface area contributed by atoms with Crippen molar-refractivity contribution in [2.45, 2.75) is 6.92 Å². The van der Waals surface area contributed by atoms with Gasteiger partial charge in [0.2, 0.25) is 5.78 Å². The Kier molecular flexibility index (Phi) is 6.64. The molecule has 0 fully saturated rings. The van der Waals surface area contributed by atoms with E-state index in [4.69, 9.17) is 4.74 Å². The highest BCUT2D eigenvalue weighted by Gasteiger charge is 2.24. The lowest BCUT2D eigenvalue weighted by Gasteiger charge is -2.10. The van der Waals surface area contributed by atoms with E-state index < -0.39 is 23.4 Å². The predicted octanol–water partition coefficient (Wildman–Crippen LogP) is 4.77. The summed E-state index contributed by atoms with van der Waals surface area (Å²) in [7, 11) is 0. The minimum atomic E-state index is -0.894. The number of anilines is 1. The van der Waals surface area contributed by atoms with Crippen LogP contribution in [0, 0.1) is 11.6 Å². The highest BCUT2D eigenvalue weighted by atomic mass is 19.1. The van der Waals surface area contributed by atoms with Crippen molar-refractivity contribution in [1.29, 1.82) is 0 Å². The van der Waals surface area contributed by atoms with Gasteiger partial charge in [0.05, 0.1) is 12.2 Å². The molecule has 1 N–H and O–H groups in total. The summed E-state index contributed by atoms with van der Waals surface area (Å²) < 4.78 is 32.7. The molecule has 0 radical (unpaired) electrons. The fourth-order valence-corrected chi connectivity index (χ4v) is 2.70. The maximum absolute atomic E-state index is 14.7. The largest absolute Gasteiger partial charge is 0.462 e. The molecule has 7 heteroatoms. The van der Waals surface area contributed by atoms with Gasteiger partial charge in [0.25, 0.3) is 0 Å². The van der Waals surface area contributed by atoms with E-state index in [1.54, 1.807) is 37.5 Å². The molecule has 30 heavy (non-hydrogen) atoms. The van der Waals surface area contributed by atoms with Crippen molar-refractivity contribution in [1.82, 2.24) is 4.98 Å². The van der Waals surface area contributed by atoms with Crippen molar-refractivity contribution in [2.24, 2.45) is 0 Å². The van der Waals surface area contributed by atoms with Crippen LogP contribution < -0.4 is 5.32 Å². The second kappa shape index (κ2) is 9.56. The van der Waals surface area contributed by atoms with E-state index in [9.17, 15) is 18.4 Å². The maximum atomic E-state index is 14.7. The van der Waals surface area contributed by atoms with Crippen LogP contribution in [0.25, 0.3) is 11.1 Å². The number of Topliss-reactive ketones (excluding diaryl/α,β-unsaturated/α-hetero) is 1. The summed E-state index contributed by atoms with van der Waals surface area (Å²) >= 11 is 0. The van der Waals surface area contributed by atoms with E-state index in [0.29, 0.717) is 11.3 Å². The fraction of sp³-hybridized carbons (Fsp3) is 0.0870. The van der Waals surface area contributed by atoms with Gasteiger partial charge in [-0.05, 0) is 66.6 Å². The number of aromatic nitrogens is 1. The number of carbonyl (C=O) groups excluding carboxylic acids is 2. The Bertz CT molecular complexity index is 1080. The zero-order valence-electron chi connectivity index (χ0n) is 16.1. The molecule has 0 atom stereocenters. The third-order valence-corrected chi connectivity index (χ3v) is 4.19. The van der Waals surface area contributed by atoms with Crippen LogP contribution >= 0.6 is 0 Å². The molecular weight excluding hydrogens is 390 g/mol. The van der Waals surface area contributed by atoms with Crippen LogP contribution in [0.3, 0.4) is 0 Å². The number of nitrogens with one attached hydrogen (secondary N) is 1. The number of halogens is 2. The SMILES string of the molecule is CCOC(=O)/C(=C/Nc1ccc(F)cc1)C(=O)c1ccc(-c2ccncc2)cc1F. The van der Waals surface area contributed by atoms with Gasteiger partial charge in [0.1, 0.15) is 17.2 Å². The summed E-state index contributed by atoms with van der Waals surface area (Å²) in [5, 5.41) is 2.74. The Morgan fingerprint density at radius 3 is 2.33 bits per heavy atom. The summed E-state index contributed by atoms with van der Waals surface area (Å²) in [5.74, 6) is -2.93. The van der Waals surface area contributed by atoms with E-state index in [1.165, 1.54) is 36.4 Å². The van der Waals surface area contributed by atoms with E-state index in [-0.39, 0.29) is 17.7 Å². The zero-order valence-corrected chi connectivity index (χ0v) is 16.1. The first-order valence-electron chi connectivity index (χ1n) is 9.13. The number of hydrogen-bond acceptors (Lipinski definition) is 5. The molecular formula is C23H18F2N2O3. The molecule has 1 heterocycles. The smallest absolute Gasteiger partial charge is 0.343 e. The first kappa shape index (κ1) is 20.9. The summed E-state index contributed by atoms with van der Waals surface area (Å²) in [6, 6.07) is 12.9.